The Morgan fingerprint density at radius 3 is 2.70 bits per heavy atom. The Hall–Kier alpha value is -1.18. The van der Waals surface area contributed by atoms with Crippen LogP contribution in [-0.4, -0.2) is 28.2 Å². The van der Waals surface area contributed by atoms with Crippen LogP contribution in [-0.2, 0) is 14.8 Å². The Labute approximate surface area is 119 Å². The van der Waals surface area contributed by atoms with E-state index in [1.54, 1.807) is 0 Å². The number of nitrogens with two attached hydrogens (primary N) is 1. The molecule has 0 saturated carbocycles. The lowest BCUT2D eigenvalue weighted by Gasteiger charge is -2.09. The van der Waals surface area contributed by atoms with E-state index in [1.165, 1.54) is 6.07 Å². The van der Waals surface area contributed by atoms with Crippen LogP contribution in [0.2, 0.25) is 0 Å². The number of halogens is 1. The van der Waals surface area contributed by atoms with Gasteiger partial charge in [-0.1, -0.05) is 13.8 Å². The van der Waals surface area contributed by atoms with E-state index in [0.29, 0.717) is 12.5 Å². The van der Waals surface area contributed by atoms with Crippen molar-refractivity contribution in [2.75, 3.05) is 25.5 Å². The predicted molar refractivity (Wildman–Crippen MR) is 76.3 cm³/mol. The van der Waals surface area contributed by atoms with Crippen LogP contribution in [0, 0.1) is 11.7 Å². The van der Waals surface area contributed by atoms with E-state index in [1.807, 2.05) is 0 Å². The van der Waals surface area contributed by atoms with Gasteiger partial charge in [-0.05, 0) is 30.5 Å². The normalized spacial score (nSPS) is 12.0. The molecule has 5 nitrogen and oxygen atoms in total. The molecule has 0 aliphatic heterocycles. The Balaban J connectivity index is 2.48. The van der Waals surface area contributed by atoms with Crippen molar-refractivity contribution in [3.05, 3.63) is 24.0 Å². The summed E-state index contributed by atoms with van der Waals surface area (Å²) >= 11 is 0. The van der Waals surface area contributed by atoms with E-state index in [2.05, 4.69) is 18.6 Å². The lowest BCUT2D eigenvalue weighted by atomic mass is 10.1. The van der Waals surface area contributed by atoms with Crippen LogP contribution in [0.15, 0.2) is 23.1 Å². The Bertz CT molecular complexity index is 532. The molecule has 0 radical (unpaired) electrons. The number of sulfonamides is 1. The molecule has 0 fully saturated rings. The third-order valence-corrected chi connectivity index (χ3v) is 4.10. The van der Waals surface area contributed by atoms with Crippen molar-refractivity contribution in [1.29, 1.82) is 0 Å². The highest BCUT2D eigenvalue weighted by Gasteiger charge is 2.18. The molecule has 0 saturated heterocycles. The smallest absolute Gasteiger partial charge is 0.243 e. The van der Waals surface area contributed by atoms with Crippen LogP contribution in [0.1, 0.15) is 20.3 Å². The van der Waals surface area contributed by atoms with Crippen LogP contribution < -0.4 is 10.5 Å². The van der Waals surface area contributed by atoms with E-state index in [0.717, 1.165) is 18.6 Å². The van der Waals surface area contributed by atoms with Crippen LogP contribution in [0.5, 0.6) is 0 Å². The number of nitrogens with one attached hydrogen (secondary N) is 1. The number of benzene rings is 1. The van der Waals surface area contributed by atoms with E-state index in [9.17, 15) is 12.8 Å². The first-order valence-electron chi connectivity index (χ1n) is 6.45. The Kier molecular flexibility index (Phi) is 6.38. The second-order valence-corrected chi connectivity index (χ2v) is 6.62. The summed E-state index contributed by atoms with van der Waals surface area (Å²) in [5, 5.41) is 0. The van der Waals surface area contributed by atoms with Gasteiger partial charge in [-0.3, -0.25) is 0 Å². The number of nitrogen functional groups attached to an aromatic ring is 1. The minimum atomic E-state index is -3.90. The largest absolute Gasteiger partial charge is 0.399 e. The first kappa shape index (κ1) is 16.9. The number of ether oxygens (including phenoxy) is 1. The summed E-state index contributed by atoms with van der Waals surface area (Å²) in [6, 6.07) is 3.43. The lowest BCUT2D eigenvalue weighted by Crippen LogP contribution is -2.28. The maximum absolute atomic E-state index is 13.5. The summed E-state index contributed by atoms with van der Waals surface area (Å²) in [6.07, 6.45) is 0.913. The molecule has 0 atom stereocenters. The fourth-order valence-corrected chi connectivity index (χ4v) is 2.60. The fourth-order valence-electron chi connectivity index (χ4n) is 1.47. The minimum absolute atomic E-state index is 0.0919. The standard InChI is InChI=1S/C13H21FN2O3S/c1-10(2)5-7-19-8-6-16-20(17,18)13-9-11(15)3-4-12(13)14/h3-4,9-10,16H,5-8,15H2,1-2H3. The average molecular weight is 304 g/mol. The zero-order valence-electron chi connectivity index (χ0n) is 11.7. The summed E-state index contributed by atoms with van der Waals surface area (Å²) in [5.74, 6) is -0.291. The highest BCUT2D eigenvalue weighted by atomic mass is 32.2. The maximum atomic E-state index is 13.5. The quantitative estimate of drug-likeness (QED) is 0.566. The highest BCUT2D eigenvalue weighted by Crippen LogP contribution is 2.17. The molecule has 0 unspecified atom stereocenters. The van der Waals surface area contributed by atoms with Crippen LogP contribution >= 0.6 is 0 Å². The van der Waals surface area contributed by atoms with E-state index in [-0.39, 0.29) is 18.8 Å². The molecule has 0 spiro atoms. The molecule has 20 heavy (non-hydrogen) atoms. The van der Waals surface area contributed by atoms with Crippen molar-refractivity contribution in [1.82, 2.24) is 4.72 Å². The topological polar surface area (TPSA) is 81.4 Å². The zero-order chi connectivity index (χ0) is 15.2. The van der Waals surface area contributed by atoms with Gasteiger partial charge in [0.25, 0.3) is 0 Å². The molecule has 1 aromatic rings. The third kappa shape index (κ3) is 5.44. The average Bonchev–Trinajstić information content (AvgIpc) is 2.36. The molecule has 0 heterocycles. The fraction of sp³-hybridized carbons (Fsp3) is 0.538. The zero-order valence-corrected chi connectivity index (χ0v) is 12.5. The monoisotopic (exact) mass is 304 g/mol. The van der Waals surface area contributed by atoms with Crippen molar-refractivity contribution < 1.29 is 17.5 Å². The SMILES string of the molecule is CC(C)CCOCCNS(=O)(=O)c1cc(N)ccc1F. The molecule has 0 amide bonds. The molecule has 114 valence electrons. The van der Waals surface area contributed by atoms with Gasteiger partial charge in [0.05, 0.1) is 6.61 Å². The Morgan fingerprint density at radius 1 is 1.35 bits per heavy atom. The molecule has 0 aliphatic rings. The van der Waals surface area contributed by atoms with Gasteiger partial charge in [-0.15, -0.1) is 0 Å². The first-order valence-corrected chi connectivity index (χ1v) is 7.93. The van der Waals surface area contributed by atoms with Gasteiger partial charge in [0.1, 0.15) is 10.7 Å². The van der Waals surface area contributed by atoms with Gasteiger partial charge < -0.3 is 10.5 Å². The van der Waals surface area contributed by atoms with Gasteiger partial charge in [-0.2, -0.15) is 0 Å². The second kappa shape index (κ2) is 7.56. The van der Waals surface area contributed by atoms with Gasteiger partial charge in [0.15, 0.2) is 0 Å². The van der Waals surface area contributed by atoms with Crippen molar-refractivity contribution >= 4 is 15.7 Å². The number of hydrogen-bond donors (Lipinski definition) is 2. The lowest BCUT2D eigenvalue weighted by molar-refractivity contribution is 0.128. The van der Waals surface area contributed by atoms with Gasteiger partial charge >= 0.3 is 0 Å². The molecule has 0 aromatic heterocycles. The Morgan fingerprint density at radius 2 is 2.05 bits per heavy atom. The van der Waals surface area contributed by atoms with Crippen LogP contribution in [0.25, 0.3) is 0 Å². The molecule has 7 heteroatoms. The molecule has 1 rings (SSSR count). The van der Waals surface area contributed by atoms with Gasteiger partial charge in [0.2, 0.25) is 10.0 Å². The van der Waals surface area contributed by atoms with Crippen molar-refractivity contribution in [3.8, 4) is 0 Å². The van der Waals surface area contributed by atoms with Gasteiger partial charge in [-0.25, -0.2) is 17.5 Å². The minimum Gasteiger partial charge on any atom is -0.399 e. The third-order valence-electron chi connectivity index (χ3n) is 2.62. The van der Waals surface area contributed by atoms with Crippen molar-refractivity contribution in [2.45, 2.75) is 25.2 Å². The summed E-state index contributed by atoms with van der Waals surface area (Å²) in [5.41, 5.74) is 5.66. The van der Waals surface area contributed by atoms with Crippen molar-refractivity contribution in [3.63, 3.8) is 0 Å². The van der Waals surface area contributed by atoms with E-state index in [4.69, 9.17) is 10.5 Å². The van der Waals surface area contributed by atoms with Crippen LogP contribution in [0.3, 0.4) is 0 Å². The van der Waals surface area contributed by atoms with Crippen molar-refractivity contribution in [2.24, 2.45) is 5.92 Å². The highest BCUT2D eigenvalue weighted by molar-refractivity contribution is 7.89. The van der Waals surface area contributed by atoms with E-state index >= 15 is 0 Å². The molecule has 1 aromatic carbocycles. The summed E-state index contributed by atoms with van der Waals surface area (Å²) in [6.45, 7) is 5.07. The number of hydrogen-bond acceptors (Lipinski definition) is 4. The van der Waals surface area contributed by atoms with E-state index < -0.39 is 20.7 Å². The molecular formula is C13H21FN2O3S. The maximum Gasteiger partial charge on any atom is 0.243 e. The molecule has 0 aliphatic carbocycles. The van der Waals surface area contributed by atoms with Crippen LogP contribution in [0.4, 0.5) is 10.1 Å². The second-order valence-electron chi connectivity index (χ2n) is 4.88. The number of anilines is 1. The molecular weight excluding hydrogens is 283 g/mol. The van der Waals surface area contributed by atoms with Gasteiger partial charge in [0, 0.05) is 18.8 Å². The number of rotatable bonds is 8. The summed E-state index contributed by atoms with van der Waals surface area (Å²) in [7, 11) is -3.90. The molecule has 0 bridgehead atoms. The summed E-state index contributed by atoms with van der Waals surface area (Å²) < 4.78 is 44.8. The molecule has 3 N–H and O–H groups in total. The summed E-state index contributed by atoms with van der Waals surface area (Å²) in [4.78, 5) is -0.445. The first-order chi connectivity index (χ1) is 9.33. The predicted octanol–water partition coefficient (Wildman–Crippen LogP) is 1.75.